The number of imide groups is 1. The number of nitrogens with zero attached hydrogens (tertiary/aromatic N) is 3. The van der Waals surface area contributed by atoms with Crippen molar-refractivity contribution in [1.82, 2.24) is 25.8 Å². The Morgan fingerprint density at radius 2 is 2.11 bits per heavy atom. The first-order valence-electron chi connectivity index (χ1n) is 9.30. The predicted octanol–water partition coefficient (Wildman–Crippen LogP) is 0.103. The standard InChI is InChI=1S/C17H30N6O4/c1-5-18-14(19-7-9-23-13(24)10-20-15(23)25)22-8-6-12(11-22)21-16(26)27-17(2,3)4/h12H,5-11H2,1-4H3,(H,18,19)(H,20,25)(H,21,26). The van der Waals surface area contributed by atoms with E-state index in [0.29, 0.717) is 25.6 Å². The number of guanidine groups is 1. The molecule has 0 aromatic carbocycles. The van der Waals surface area contributed by atoms with Gasteiger partial charge in [-0.15, -0.1) is 0 Å². The Labute approximate surface area is 159 Å². The number of urea groups is 1. The maximum Gasteiger partial charge on any atom is 0.407 e. The second kappa shape index (κ2) is 8.92. The number of ether oxygens (including phenoxy) is 1. The highest BCUT2D eigenvalue weighted by Gasteiger charge is 2.29. The average molecular weight is 382 g/mol. The van der Waals surface area contributed by atoms with Crippen molar-refractivity contribution >= 4 is 24.0 Å². The molecule has 1 unspecified atom stereocenters. The summed E-state index contributed by atoms with van der Waals surface area (Å²) in [4.78, 5) is 42.8. The number of hydrogen-bond acceptors (Lipinski definition) is 5. The molecule has 152 valence electrons. The van der Waals surface area contributed by atoms with Gasteiger partial charge in [0.15, 0.2) is 5.96 Å². The number of likely N-dealkylation sites (tertiary alicyclic amines) is 1. The third-order valence-electron chi connectivity index (χ3n) is 4.07. The van der Waals surface area contributed by atoms with E-state index in [-0.39, 0.29) is 31.1 Å². The first kappa shape index (κ1) is 20.8. The van der Waals surface area contributed by atoms with Crippen LogP contribution in [0.25, 0.3) is 0 Å². The van der Waals surface area contributed by atoms with E-state index in [0.717, 1.165) is 13.0 Å². The smallest absolute Gasteiger partial charge is 0.407 e. The summed E-state index contributed by atoms with van der Waals surface area (Å²) in [5, 5.41) is 8.58. The number of rotatable bonds is 5. The summed E-state index contributed by atoms with van der Waals surface area (Å²) in [6.07, 6.45) is 0.367. The third-order valence-corrected chi connectivity index (χ3v) is 4.07. The molecule has 0 spiro atoms. The zero-order valence-electron chi connectivity index (χ0n) is 16.5. The van der Waals surface area contributed by atoms with E-state index in [4.69, 9.17) is 4.74 Å². The number of hydrogen-bond donors (Lipinski definition) is 3. The van der Waals surface area contributed by atoms with Crippen LogP contribution in [0.4, 0.5) is 9.59 Å². The fourth-order valence-corrected chi connectivity index (χ4v) is 2.91. The molecule has 4 amide bonds. The molecule has 2 aliphatic heterocycles. The molecule has 10 heteroatoms. The van der Waals surface area contributed by atoms with E-state index in [1.54, 1.807) is 0 Å². The van der Waals surface area contributed by atoms with Crippen LogP contribution >= 0.6 is 0 Å². The zero-order chi connectivity index (χ0) is 20.0. The SMILES string of the molecule is CCNC(=NCCN1C(=O)CNC1=O)N1CCC(NC(=O)OC(C)(C)C)C1. The first-order valence-corrected chi connectivity index (χ1v) is 9.30. The Bertz CT molecular complexity index is 585. The molecule has 27 heavy (non-hydrogen) atoms. The Morgan fingerprint density at radius 3 is 2.70 bits per heavy atom. The van der Waals surface area contributed by atoms with Crippen LogP contribution in [0, 0.1) is 0 Å². The summed E-state index contributed by atoms with van der Waals surface area (Å²) in [5.41, 5.74) is -0.530. The molecule has 0 radical (unpaired) electrons. The van der Waals surface area contributed by atoms with Crippen molar-refractivity contribution in [2.24, 2.45) is 4.99 Å². The minimum atomic E-state index is -0.530. The largest absolute Gasteiger partial charge is 0.444 e. The fourth-order valence-electron chi connectivity index (χ4n) is 2.91. The van der Waals surface area contributed by atoms with Crippen molar-refractivity contribution < 1.29 is 19.1 Å². The fraction of sp³-hybridized carbons (Fsp3) is 0.765. The normalized spacial score (nSPS) is 20.7. The molecule has 1 atom stereocenters. The molecule has 2 heterocycles. The zero-order valence-corrected chi connectivity index (χ0v) is 16.5. The van der Waals surface area contributed by atoms with Crippen LogP contribution in [0.3, 0.4) is 0 Å². The van der Waals surface area contributed by atoms with E-state index in [9.17, 15) is 14.4 Å². The lowest BCUT2D eigenvalue weighted by atomic mass is 10.2. The van der Waals surface area contributed by atoms with Gasteiger partial charge in [0.05, 0.1) is 25.7 Å². The van der Waals surface area contributed by atoms with E-state index in [2.05, 4.69) is 25.8 Å². The maximum absolute atomic E-state index is 11.9. The van der Waals surface area contributed by atoms with Crippen molar-refractivity contribution in [3.05, 3.63) is 0 Å². The molecule has 2 fully saturated rings. The number of carbonyl (C=O) groups is 3. The second-order valence-electron chi connectivity index (χ2n) is 7.52. The minimum absolute atomic E-state index is 0.0188. The van der Waals surface area contributed by atoms with Gasteiger partial charge in [0.2, 0.25) is 5.91 Å². The highest BCUT2D eigenvalue weighted by Crippen LogP contribution is 2.12. The molecule has 10 nitrogen and oxygen atoms in total. The monoisotopic (exact) mass is 382 g/mol. The minimum Gasteiger partial charge on any atom is -0.444 e. The molecule has 0 aliphatic carbocycles. The van der Waals surface area contributed by atoms with Crippen LogP contribution < -0.4 is 16.0 Å². The molecule has 2 aliphatic rings. The molecular weight excluding hydrogens is 352 g/mol. The molecule has 0 aromatic rings. The second-order valence-corrected chi connectivity index (χ2v) is 7.52. The van der Waals surface area contributed by atoms with Crippen LogP contribution in [0.1, 0.15) is 34.1 Å². The lowest BCUT2D eigenvalue weighted by molar-refractivity contribution is -0.124. The molecule has 2 saturated heterocycles. The van der Waals surface area contributed by atoms with Crippen LogP contribution in [0.15, 0.2) is 4.99 Å². The predicted molar refractivity (Wildman–Crippen MR) is 100 cm³/mol. The van der Waals surface area contributed by atoms with Crippen molar-refractivity contribution in [2.75, 3.05) is 39.3 Å². The lowest BCUT2D eigenvalue weighted by Gasteiger charge is -2.23. The van der Waals surface area contributed by atoms with Crippen LogP contribution in [-0.4, -0.2) is 84.7 Å². The highest BCUT2D eigenvalue weighted by molar-refractivity contribution is 6.01. The first-order chi connectivity index (χ1) is 12.7. The quantitative estimate of drug-likeness (QED) is 0.353. The van der Waals surface area contributed by atoms with Crippen LogP contribution in [-0.2, 0) is 9.53 Å². The van der Waals surface area contributed by atoms with Gasteiger partial charge in [0, 0.05) is 19.6 Å². The van der Waals surface area contributed by atoms with Gasteiger partial charge in [0.1, 0.15) is 5.60 Å². The number of aliphatic imine (C=N–C) groups is 1. The van der Waals surface area contributed by atoms with Crippen molar-refractivity contribution in [3.63, 3.8) is 0 Å². The van der Waals surface area contributed by atoms with Crippen molar-refractivity contribution in [2.45, 2.75) is 45.8 Å². The number of nitrogens with one attached hydrogen (secondary N) is 3. The van der Waals surface area contributed by atoms with Gasteiger partial charge in [-0.1, -0.05) is 0 Å². The van der Waals surface area contributed by atoms with Gasteiger partial charge < -0.3 is 25.6 Å². The van der Waals surface area contributed by atoms with Crippen molar-refractivity contribution in [3.8, 4) is 0 Å². The van der Waals surface area contributed by atoms with Crippen LogP contribution in [0.2, 0.25) is 0 Å². The van der Waals surface area contributed by atoms with E-state index in [1.165, 1.54) is 4.90 Å². The molecule has 0 aromatic heterocycles. The highest BCUT2D eigenvalue weighted by atomic mass is 16.6. The Hall–Kier alpha value is -2.52. The summed E-state index contributed by atoms with van der Waals surface area (Å²) in [5.74, 6) is 0.473. The number of alkyl carbamates (subject to hydrolysis) is 1. The lowest BCUT2D eigenvalue weighted by Crippen LogP contribution is -2.44. The van der Waals surface area contributed by atoms with Gasteiger partial charge in [-0.2, -0.15) is 0 Å². The molecule has 0 bridgehead atoms. The Kier molecular flexibility index (Phi) is 6.86. The van der Waals surface area contributed by atoms with Gasteiger partial charge in [-0.05, 0) is 34.1 Å². The van der Waals surface area contributed by atoms with Crippen molar-refractivity contribution in [1.29, 1.82) is 0 Å². The maximum atomic E-state index is 11.9. The number of carbonyl (C=O) groups excluding carboxylic acids is 3. The average Bonchev–Trinajstić information content (AvgIpc) is 3.13. The summed E-state index contributed by atoms with van der Waals surface area (Å²) in [6, 6.07) is -0.391. The van der Waals surface area contributed by atoms with E-state index in [1.807, 2.05) is 27.7 Å². The Balaban J connectivity index is 1.86. The number of amides is 4. The van der Waals surface area contributed by atoms with E-state index < -0.39 is 11.7 Å². The summed E-state index contributed by atoms with van der Waals surface area (Å²) >= 11 is 0. The third kappa shape index (κ3) is 6.30. The summed E-state index contributed by atoms with van der Waals surface area (Å²) in [6.45, 7) is 10.1. The van der Waals surface area contributed by atoms with Gasteiger partial charge in [-0.25, -0.2) is 9.59 Å². The molecule has 3 N–H and O–H groups in total. The topological polar surface area (TPSA) is 115 Å². The molecule has 0 saturated carbocycles. The summed E-state index contributed by atoms with van der Waals surface area (Å²) < 4.78 is 5.30. The molecule has 2 rings (SSSR count). The van der Waals surface area contributed by atoms with Gasteiger partial charge in [-0.3, -0.25) is 14.7 Å². The molecular formula is C17H30N6O4. The van der Waals surface area contributed by atoms with E-state index >= 15 is 0 Å². The van der Waals surface area contributed by atoms with Gasteiger partial charge in [0.25, 0.3) is 0 Å². The van der Waals surface area contributed by atoms with Crippen LogP contribution in [0.5, 0.6) is 0 Å². The Morgan fingerprint density at radius 1 is 1.37 bits per heavy atom. The van der Waals surface area contributed by atoms with Gasteiger partial charge >= 0.3 is 12.1 Å². The summed E-state index contributed by atoms with van der Waals surface area (Å²) in [7, 11) is 0.